The molecule has 142 valence electrons. The van der Waals surface area contributed by atoms with Gasteiger partial charge in [0.05, 0.1) is 17.8 Å². The van der Waals surface area contributed by atoms with Gasteiger partial charge in [-0.3, -0.25) is 14.2 Å². The topological polar surface area (TPSA) is 64.0 Å². The third-order valence-electron chi connectivity index (χ3n) is 5.14. The summed E-state index contributed by atoms with van der Waals surface area (Å²) >= 11 is 1.50. The first-order valence-electron chi connectivity index (χ1n) is 9.18. The van der Waals surface area contributed by atoms with Gasteiger partial charge in [0.1, 0.15) is 11.4 Å². The molecule has 0 spiro atoms. The lowest BCUT2D eigenvalue weighted by Crippen LogP contribution is -2.34. The highest BCUT2D eigenvalue weighted by atomic mass is 32.1. The van der Waals surface area contributed by atoms with Crippen molar-refractivity contribution in [1.82, 2.24) is 14.9 Å². The Morgan fingerprint density at radius 2 is 1.93 bits per heavy atom. The number of nitrogens with zero attached hydrogens (tertiary/aromatic N) is 2. The van der Waals surface area contributed by atoms with Crippen molar-refractivity contribution in [2.24, 2.45) is 0 Å². The van der Waals surface area contributed by atoms with Crippen LogP contribution in [0.4, 0.5) is 0 Å². The SMILES string of the molecule is Cc1sc2ncn(CC(=O)N[C@H](C)c3cccc4ccccc34)c(=O)c2c1C. The summed E-state index contributed by atoms with van der Waals surface area (Å²) in [6.07, 6.45) is 1.46. The molecular weight excluding hydrogens is 370 g/mol. The van der Waals surface area contributed by atoms with Crippen LogP contribution in [0.1, 0.15) is 29.0 Å². The summed E-state index contributed by atoms with van der Waals surface area (Å²) in [5.74, 6) is -0.215. The minimum absolute atomic E-state index is 0.0504. The summed E-state index contributed by atoms with van der Waals surface area (Å²) in [4.78, 5) is 31.5. The average molecular weight is 391 g/mol. The first-order valence-corrected chi connectivity index (χ1v) is 9.99. The van der Waals surface area contributed by atoms with E-state index in [1.54, 1.807) is 0 Å². The number of amides is 1. The minimum Gasteiger partial charge on any atom is -0.348 e. The Morgan fingerprint density at radius 3 is 2.75 bits per heavy atom. The Kier molecular flexibility index (Phi) is 4.73. The first-order chi connectivity index (χ1) is 13.5. The van der Waals surface area contributed by atoms with E-state index in [-0.39, 0.29) is 24.1 Å². The van der Waals surface area contributed by atoms with Crippen molar-refractivity contribution in [3.63, 3.8) is 0 Å². The molecule has 28 heavy (non-hydrogen) atoms. The van der Waals surface area contributed by atoms with E-state index in [0.29, 0.717) is 5.39 Å². The predicted molar refractivity (Wildman–Crippen MR) is 114 cm³/mol. The summed E-state index contributed by atoms with van der Waals surface area (Å²) in [6.45, 7) is 5.80. The maximum absolute atomic E-state index is 12.8. The van der Waals surface area contributed by atoms with Crippen molar-refractivity contribution in [1.29, 1.82) is 0 Å². The highest BCUT2D eigenvalue weighted by Crippen LogP contribution is 2.26. The standard InChI is InChI=1S/C22H21N3O2S/c1-13-15(3)28-21-20(13)22(27)25(12-23-21)11-19(26)24-14(2)17-10-6-8-16-7-4-5-9-18(16)17/h4-10,12,14H,11H2,1-3H3,(H,24,26)/t14-/m1/s1. The Morgan fingerprint density at radius 1 is 1.18 bits per heavy atom. The maximum atomic E-state index is 12.8. The molecule has 1 N–H and O–H groups in total. The van der Waals surface area contributed by atoms with Crippen molar-refractivity contribution in [2.75, 3.05) is 0 Å². The quantitative estimate of drug-likeness (QED) is 0.569. The molecular formula is C22H21N3O2S. The van der Waals surface area contributed by atoms with Crippen LogP contribution in [-0.2, 0) is 11.3 Å². The normalized spacial score (nSPS) is 12.4. The van der Waals surface area contributed by atoms with E-state index in [4.69, 9.17) is 0 Å². The molecule has 0 aliphatic heterocycles. The van der Waals surface area contributed by atoms with Crippen LogP contribution < -0.4 is 10.9 Å². The van der Waals surface area contributed by atoms with Gasteiger partial charge in [0.2, 0.25) is 5.91 Å². The van der Waals surface area contributed by atoms with Gasteiger partial charge in [-0.25, -0.2) is 4.98 Å². The number of carbonyl (C=O) groups excluding carboxylic acids is 1. The maximum Gasteiger partial charge on any atom is 0.262 e. The highest BCUT2D eigenvalue weighted by molar-refractivity contribution is 7.18. The second-order valence-corrected chi connectivity index (χ2v) is 8.20. The van der Waals surface area contributed by atoms with Gasteiger partial charge < -0.3 is 5.32 Å². The van der Waals surface area contributed by atoms with Gasteiger partial charge in [0.25, 0.3) is 5.56 Å². The van der Waals surface area contributed by atoms with E-state index < -0.39 is 0 Å². The predicted octanol–water partition coefficient (Wildman–Crippen LogP) is 4.11. The average Bonchev–Trinajstić information content (AvgIpc) is 2.98. The van der Waals surface area contributed by atoms with Crippen LogP contribution in [0.15, 0.2) is 53.6 Å². The molecule has 0 bridgehead atoms. The van der Waals surface area contributed by atoms with Gasteiger partial charge in [-0.15, -0.1) is 11.3 Å². The number of thiophene rings is 1. The van der Waals surface area contributed by atoms with Gasteiger partial charge >= 0.3 is 0 Å². The molecule has 2 aromatic carbocycles. The Labute approximate surface area is 166 Å². The van der Waals surface area contributed by atoms with Crippen LogP contribution in [0, 0.1) is 13.8 Å². The lowest BCUT2D eigenvalue weighted by molar-refractivity contribution is -0.122. The number of carbonyl (C=O) groups is 1. The van der Waals surface area contributed by atoms with E-state index in [0.717, 1.165) is 31.6 Å². The Hall–Kier alpha value is -2.99. The minimum atomic E-state index is -0.215. The second-order valence-electron chi connectivity index (χ2n) is 7.00. The summed E-state index contributed by atoms with van der Waals surface area (Å²) in [5, 5.41) is 5.87. The molecule has 0 unspecified atom stereocenters. The van der Waals surface area contributed by atoms with Crippen molar-refractivity contribution in [2.45, 2.75) is 33.4 Å². The third-order valence-corrected chi connectivity index (χ3v) is 6.25. The molecule has 1 atom stereocenters. The number of fused-ring (bicyclic) bond motifs is 2. The van der Waals surface area contributed by atoms with Crippen LogP contribution in [0.5, 0.6) is 0 Å². The fraction of sp³-hybridized carbons (Fsp3) is 0.227. The van der Waals surface area contributed by atoms with Gasteiger partial charge in [-0.05, 0) is 42.7 Å². The summed E-state index contributed by atoms with van der Waals surface area (Å²) in [6, 6.07) is 14.0. The lowest BCUT2D eigenvalue weighted by atomic mass is 10.00. The number of aryl methyl sites for hydroxylation is 2. The van der Waals surface area contributed by atoms with Crippen LogP contribution in [-0.4, -0.2) is 15.5 Å². The zero-order chi connectivity index (χ0) is 19.8. The van der Waals surface area contributed by atoms with Gasteiger partial charge in [0, 0.05) is 4.88 Å². The van der Waals surface area contributed by atoms with Crippen LogP contribution in [0.3, 0.4) is 0 Å². The zero-order valence-corrected chi connectivity index (χ0v) is 16.8. The van der Waals surface area contributed by atoms with E-state index in [1.807, 2.05) is 45.0 Å². The van der Waals surface area contributed by atoms with Gasteiger partial charge in [-0.2, -0.15) is 0 Å². The molecule has 4 aromatic rings. The summed E-state index contributed by atoms with van der Waals surface area (Å²) in [5.41, 5.74) is 1.83. The molecule has 0 saturated heterocycles. The number of aromatic nitrogens is 2. The highest BCUT2D eigenvalue weighted by Gasteiger charge is 2.16. The molecule has 0 saturated carbocycles. The first kappa shape index (κ1) is 18.4. The summed E-state index contributed by atoms with van der Waals surface area (Å²) < 4.78 is 1.38. The van der Waals surface area contributed by atoms with Gasteiger partial charge in [-0.1, -0.05) is 42.5 Å². The Balaban J connectivity index is 1.58. The molecule has 0 aliphatic rings. The zero-order valence-electron chi connectivity index (χ0n) is 16.0. The Bertz CT molecular complexity index is 1250. The molecule has 0 fully saturated rings. The second kappa shape index (κ2) is 7.20. The molecule has 0 radical (unpaired) electrons. The molecule has 1 amide bonds. The van der Waals surface area contributed by atoms with Gasteiger partial charge in [0.15, 0.2) is 0 Å². The van der Waals surface area contributed by atoms with Crippen molar-refractivity contribution < 1.29 is 4.79 Å². The molecule has 6 heteroatoms. The molecule has 4 rings (SSSR count). The fourth-order valence-electron chi connectivity index (χ4n) is 3.53. The number of nitrogens with one attached hydrogen (secondary N) is 1. The van der Waals surface area contributed by atoms with Crippen molar-refractivity contribution >= 4 is 38.2 Å². The third kappa shape index (κ3) is 3.20. The largest absolute Gasteiger partial charge is 0.348 e. The smallest absolute Gasteiger partial charge is 0.262 e. The van der Waals surface area contributed by atoms with Crippen molar-refractivity contribution in [3.05, 3.63) is 75.1 Å². The van der Waals surface area contributed by atoms with E-state index in [1.165, 1.54) is 22.2 Å². The van der Waals surface area contributed by atoms with E-state index >= 15 is 0 Å². The molecule has 2 aromatic heterocycles. The summed E-state index contributed by atoms with van der Waals surface area (Å²) in [7, 11) is 0. The van der Waals surface area contributed by atoms with E-state index in [9.17, 15) is 9.59 Å². The fourth-order valence-corrected chi connectivity index (χ4v) is 4.52. The monoisotopic (exact) mass is 391 g/mol. The molecule has 0 aliphatic carbocycles. The lowest BCUT2D eigenvalue weighted by Gasteiger charge is -2.17. The number of hydrogen-bond donors (Lipinski definition) is 1. The van der Waals surface area contributed by atoms with Crippen LogP contribution in [0.2, 0.25) is 0 Å². The molecule has 5 nitrogen and oxygen atoms in total. The van der Waals surface area contributed by atoms with Crippen LogP contribution >= 0.6 is 11.3 Å². The number of rotatable bonds is 4. The van der Waals surface area contributed by atoms with E-state index in [2.05, 4.69) is 28.5 Å². The number of hydrogen-bond acceptors (Lipinski definition) is 4. The molecule has 2 heterocycles. The number of benzene rings is 2. The van der Waals surface area contributed by atoms with Crippen LogP contribution in [0.25, 0.3) is 21.0 Å². The van der Waals surface area contributed by atoms with Crippen molar-refractivity contribution in [3.8, 4) is 0 Å².